The lowest BCUT2D eigenvalue weighted by molar-refractivity contribution is 0.0696. The molecule has 0 radical (unpaired) electrons. The van der Waals surface area contributed by atoms with Crippen molar-refractivity contribution in [1.29, 1.82) is 0 Å². The van der Waals surface area contributed by atoms with E-state index < -0.39 is 5.97 Å². The van der Waals surface area contributed by atoms with Crippen LogP contribution in [0.2, 0.25) is 0 Å². The molecule has 0 saturated heterocycles. The summed E-state index contributed by atoms with van der Waals surface area (Å²) in [5.41, 5.74) is 5.18. The number of nitrogens with zero attached hydrogens (tertiary/aromatic N) is 1. The van der Waals surface area contributed by atoms with Crippen molar-refractivity contribution in [2.75, 3.05) is 0 Å². The molecule has 3 heteroatoms. The number of fused-ring (bicyclic) bond motifs is 1. The van der Waals surface area contributed by atoms with Gasteiger partial charge in [-0.1, -0.05) is 66.7 Å². The summed E-state index contributed by atoms with van der Waals surface area (Å²) in [7, 11) is 0. The zero-order valence-corrected chi connectivity index (χ0v) is 13.8. The van der Waals surface area contributed by atoms with E-state index in [1.165, 1.54) is 16.7 Å². The third kappa shape index (κ3) is 3.06. The highest BCUT2D eigenvalue weighted by atomic mass is 16.4. The van der Waals surface area contributed by atoms with Crippen molar-refractivity contribution in [3.05, 3.63) is 107 Å². The van der Waals surface area contributed by atoms with Crippen LogP contribution < -0.4 is 0 Å². The molecule has 1 heterocycles. The van der Waals surface area contributed by atoms with E-state index in [0.29, 0.717) is 5.56 Å². The predicted molar refractivity (Wildman–Crippen MR) is 97.4 cm³/mol. The maximum absolute atomic E-state index is 11.2. The van der Waals surface area contributed by atoms with Crippen LogP contribution in [-0.2, 0) is 13.1 Å². The van der Waals surface area contributed by atoms with Crippen molar-refractivity contribution in [2.24, 2.45) is 0 Å². The number of carboxylic acid groups (broad SMARTS) is 1. The molecule has 0 aliphatic carbocycles. The SMILES string of the molecule is O=C(O)c1ccc2c(c1)CN(C(c1ccccc1)c1ccccc1)C2. The summed E-state index contributed by atoms with van der Waals surface area (Å²) in [6, 6.07) is 26.6. The van der Waals surface area contributed by atoms with Gasteiger partial charge < -0.3 is 5.11 Å². The van der Waals surface area contributed by atoms with Gasteiger partial charge in [0.05, 0.1) is 11.6 Å². The molecular weight excluding hydrogens is 310 g/mol. The van der Waals surface area contributed by atoms with Crippen molar-refractivity contribution >= 4 is 5.97 Å². The van der Waals surface area contributed by atoms with Gasteiger partial charge in [-0.05, 0) is 34.4 Å². The van der Waals surface area contributed by atoms with Gasteiger partial charge in [0.2, 0.25) is 0 Å². The molecule has 124 valence electrons. The van der Waals surface area contributed by atoms with E-state index in [9.17, 15) is 9.90 Å². The first-order chi connectivity index (χ1) is 12.2. The van der Waals surface area contributed by atoms with Crippen LogP contribution in [0.1, 0.15) is 38.7 Å². The Hall–Kier alpha value is -2.91. The average Bonchev–Trinajstić information content (AvgIpc) is 3.06. The maximum atomic E-state index is 11.2. The van der Waals surface area contributed by atoms with E-state index in [0.717, 1.165) is 18.7 Å². The van der Waals surface area contributed by atoms with Gasteiger partial charge in [-0.2, -0.15) is 0 Å². The number of benzene rings is 3. The minimum absolute atomic E-state index is 0.156. The Labute approximate surface area is 147 Å². The fraction of sp³-hybridized carbons (Fsp3) is 0.136. The second-order valence-corrected chi connectivity index (χ2v) is 6.42. The number of rotatable bonds is 4. The summed E-state index contributed by atoms with van der Waals surface area (Å²) in [4.78, 5) is 13.6. The highest BCUT2D eigenvalue weighted by molar-refractivity contribution is 5.88. The predicted octanol–water partition coefficient (Wildman–Crippen LogP) is 4.49. The molecular formula is C22H19NO2. The van der Waals surface area contributed by atoms with Crippen LogP contribution in [0.3, 0.4) is 0 Å². The third-order valence-electron chi connectivity index (χ3n) is 4.80. The van der Waals surface area contributed by atoms with Gasteiger partial charge in [-0.25, -0.2) is 4.79 Å². The molecule has 0 atom stereocenters. The first kappa shape index (κ1) is 15.6. The molecule has 25 heavy (non-hydrogen) atoms. The van der Waals surface area contributed by atoms with Crippen LogP contribution in [0.25, 0.3) is 0 Å². The summed E-state index contributed by atoms with van der Waals surface area (Å²) in [5, 5.41) is 9.23. The van der Waals surface area contributed by atoms with E-state index in [4.69, 9.17) is 0 Å². The Bertz CT molecular complexity index is 851. The zero-order chi connectivity index (χ0) is 17.2. The fourth-order valence-electron chi connectivity index (χ4n) is 3.62. The van der Waals surface area contributed by atoms with Gasteiger partial charge in [-0.15, -0.1) is 0 Å². The lowest BCUT2D eigenvalue weighted by Crippen LogP contribution is -2.24. The molecule has 3 nitrogen and oxygen atoms in total. The van der Waals surface area contributed by atoms with Crippen molar-refractivity contribution < 1.29 is 9.90 Å². The number of carboxylic acids is 1. The van der Waals surface area contributed by atoms with Gasteiger partial charge in [0.15, 0.2) is 0 Å². The molecule has 0 unspecified atom stereocenters. The molecule has 3 aromatic rings. The summed E-state index contributed by atoms with van der Waals surface area (Å²) in [5.74, 6) is -0.871. The number of hydrogen-bond donors (Lipinski definition) is 1. The molecule has 1 aliphatic rings. The highest BCUT2D eigenvalue weighted by Gasteiger charge is 2.28. The monoisotopic (exact) mass is 329 g/mol. The maximum Gasteiger partial charge on any atom is 0.335 e. The van der Waals surface area contributed by atoms with Crippen LogP contribution in [0.5, 0.6) is 0 Å². The Morgan fingerprint density at radius 2 is 1.36 bits per heavy atom. The Morgan fingerprint density at radius 1 is 0.800 bits per heavy atom. The fourth-order valence-corrected chi connectivity index (χ4v) is 3.62. The molecule has 1 N–H and O–H groups in total. The standard InChI is InChI=1S/C22H19NO2/c24-22(25)18-11-12-19-14-23(15-20(19)13-18)21(16-7-3-1-4-8-16)17-9-5-2-6-10-17/h1-13,21H,14-15H2,(H,24,25). The summed E-state index contributed by atoms with van der Waals surface area (Å²) in [6.07, 6.45) is 0. The van der Waals surface area contributed by atoms with Crippen LogP contribution in [0.15, 0.2) is 78.9 Å². The zero-order valence-electron chi connectivity index (χ0n) is 13.8. The first-order valence-electron chi connectivity index (χ1n) is 8.41. The molecule has 0 saturated carbocycles. The number of carbonyl (C=O) groups is 1. The molecule has 0 fully saturated rings. The third-order valence-corrected chi connectivity index (χ3v) is 4.80. The van der Waals surface area contributed by atoms with Crippen molar-refractivity contribution in [2.45, 2.75) is 19.1 Å². The number of hydrogen-bond acceptors (Lipinski definition) is 2. The Kier molecular flexibility index (Phi) is 4.08. The molecule has 0 spiro atoms. The minimum Gasteiger partial charge on any atom is -0.478 e. The second-order valence-electron chi connectivity index (χ2n) is 6.42. The second kappa shape index (κ2) is 6.54. The van der Waals surface area contributed by atoms with Gasteiger partial charge in [-0.3, -0.25) is 4.90 Å². The minimum atomic E-state index is -0.871. The molecule has 0 bridgehead atoms. The smallest absolute Gasteiger partial charge is 0.335 e. The first-order valence-corrected chi connectivity index (χ1v) is 8.41. The van der Waals surface area contributed by atoms with E-state index in [1.807, 2.05) is 24.3 Å². The summed E-state index contributed by atoms with van der Waals surface area (Å²) in [6.45, 7) is 1.58. The van der Waals surface area contributed by atoms with E-state index in [2.05, 4.69) is 53.4 Å². The Balaban J connectivity index is 1.71. The quantitative estimate of drug-likeness (QED) is 0.767. The normalized spacial score (nSPS) is 13.8. The topological polar surface area (TPSA) is 40.5 Å². The van der Waals surface area contributed by atoms with E-state index in [-0.39, 0.29) is 6.04 Å². The lowest BCUT2D eigenvalue weighted by atomic mass is 9.97. The summed E-state index contributed by atoms with van der Waals surface area (Å²) >= 11 is 0. The van der Waals surface area contributed by atoms with Gasteiger partial charge in [0, 0.05) is 13.1 Å². The molecule has 4 rings (SSSR count). The molecule has 0 aromatic heterocycles. The lowest BCUT2D eigenvalue weighted by Gasteiger charge is -2.28. The molecule has 0 amide bonds. The average molecular weight is 329 g/mol. The van der Waals surface area contributed by atoms with Crippen molar-refractivity contribution in [3.8, 4) is 0 Å². The van der Waals surface area contributed by atoms with Crippen LogP contribution in [0.4, 0.5) is 0 Å². The molecule has 1 aliphatic heterocycles. The van der Waals surface area contributed by atoms with Gasteiger partial charge in [0.1, 0.15) is 0 Å². The largest absolute Gasteiger partial charge is 0.478 e. The number of aromatic carboxylic acids is 1. The van der Waals surface area contributed by atoms with Gasteiger partial charge in [0.25, 0.3) is 0 Å². The van der Waals surface area contributed by atoms with Crippen molar-refractivity contribution in [3.63, 3.8) is 0 Å². The summed E-state index contributed by atoms with van der Waals surface area (Å²) < 4.78 is 0. The van der Waals surface area contributed by atoms with Gasteiger partial charge >= 0.3 is 5.97 Å². The van der Waals surface area contributed by atoms with E-state index in [1.54, 1.807) is 6.07 Å². The Morgan fingerprint density at radius 3 is 1.92 bits per heavy atom. The van der Waals surface area contributed by atoms with Crippen LogP contribution in [-0.4, -0.2) is 16.0 Å². The molecule has 3 aromatic carbocycles. The van der Waals surface area contributed by atoms with Crippen LogP contribution >= 0.6 is 0 Å². The van der Waals surface area contributed by atoms with Crippen molar-refractivity contribution in [1.82, 2.24) is 4.90 Å². The van der Waals surface area contributed by atoms with Crippen LogP contribution in [0, 0.1) is 0 Å². The van der Waals surface area contributed by atoms with E-state index >= 15 is 0 Å². The highest BCUT2D eigenvalue weighted by Crippen LogP contribution is 2.36.